The van der Waals surface area contributed by atoms with E-state index in [0.717, 1.165) is 5.56 Å². The predicted molar refractivity (Wildman–Crippen MR) is 99.5 cm³/mol. The van der Waals surface area contributed by atoms with Crippen LogP contribution in [0.25, 0.3) is 0 Å². The lowest BCUT2D eigenvalue weighted by molar-refractivity contribution is -0.147. The molecule has 0 bridgehead atoms. The summed E-state index contributed by atoms with van der Waals surface area (Å²) in [4.78, 5) is 41.3. The van der Waals surface area contributed by atoms with Gasteiger partial charge in [0, 0.05) is 24.1 Å². The lowest BCUT2D eigenvalue weighted by Crippen LogP contribution is -2.53. The second-order valence-corrected chi connectivity index (χ2v) is 8.87. The molecular formula is C21H22N2O5. The van der Waals surface area contributed by atoms with Crippen molar-refractivity contribution in [1.29, 1.82) is 0 Å². The van der Waals surface area contributed by atoms with Crippen LogP contribution >= 0.6 is 0 Å². The van der Waals surface area contributed by atoms with Gasteiger partial charge in [0.25, 0.3) is 11.8 Å². The Bertz CT molecular complexity index is 1030. The van der Waals surface area contributed by atoms with Crippen LogP contribution in [0.1, 0.15) is 31.9 Å². The summed E-state index contributed by atoms with van der Waals surface area (Å²) in [5, 5.41) is 22.7. The summed E-state index contributed by atoms with van der Waals surface area (Å²) >= 11 is 0. The molecule has 1 saturated heterocycles. The highest BCUT2D eigenvalue weighted by molar-refractivity contribution is 6.21. The SMILES string of the molecule is CC(=O)C1=C(O)[C@@H]2[C@@H]3[C@@H](Cc4cccc5c4[C@]3(O)C(=O)N5C)C(C)(C)N2C1=O. The van der Waals surface area contributed by atoms with E-state index in [4.69, 9.17) is 0 Å². The highest BCUT2D eigenvalue weighted by Gasteiger charge is 2.72. The van der Waals surface area contributed by atoms with Crippen molar-refractivity contribution in [2.24, 2.45) is 11.8 Å². The van der Waals surface area contributed by atoms with E-state index in [9.17, 15) is 24.6 Å². The monoisotopic (exact) mass is 382 g/mol. The Morgan fingerprint density at radius 1 is 1.25 bits per heavy atom. The van der Waals surface area contributed by atoms with Crippen LogP contribution in [0.5, 0.6) is 0 Å². The Morgan fingerprint density at radius 2 is 1.93 bits per heavy atom. The number of Topliss-reactive ketones (excluding diaryl/α,β-unsaturated/α-hetero) is 1. The minimum absolute atomic E-state index is 0.238. The molecule has 1 aromatic carbocycles. The summed E-state index contributed by atoms with van der Waals surface area (Å²) in [5.74, 6) is -2.80. The van der Waals surface area contributed by atoms with Crippen LogP contribution in [0.15, 0.2) is 29.5 Å². The fourth-order valence-corrected chi connectivity index (χ4v) is 6.14. The van der Waals surface area contributed by atoms with Gasteiger partial charge in [-0.1, -0.05) is 12.1 Å². The van der Waals surface area contributed by atoms with Crippen LogP contribution < -0.4 is 4.90 Å². The smallest absolute Gasteiger partial charge is 0.263 e. The molecule has 0 unspecified atom stereocenters. The van der Waals surface area contributed by atoms with E-state index in [2.05, 4.69) is 0 Å². The molecule has 146 valence electrons. The lowest BCUT2D eigenvalue weighted by atomic mass is 9.62. The number of aliphatic hydroxyl groups is 2. The largest absolute Gasteiger partial charge is 0.509 e. The van der Waals surface area contributed by atoms with Gasteiger partial charge in [0.05, 0.1) is 11.7 Å². The molecule has 3 heterocycles. The lowest BCUT2D eigenvalue weighted by Gasteiger charge is -2.42. The van der Waals surface area contributed by atoms with Gasteiger partial charge >= 0.3 is 0 Å². The first-order valence-corrected chi connectivity index (χ1v) is 9.45. The number of hydrogen-bond donors (Lipinski definition) is 2. The molecule has 2 N–H and O–H groups in total. The van der Waals surface area contributed by atoms with Crippen molar-refractivity contribution in [2.45, 2.75) is 44.4 Å². The number of aliphatic hydroxyl groups excluding tert-OH is 1. The normalized spacial score (nSPS) is 34.7. The van der Waals surface area contributed by atoms with E-state index in [0.29, 0.717) is 17.7 Å². The topological polar surface area (TPSA) is 98.1 Å². The van der Waals surface area contributed by atoms with E-state index >= 15 is 0 Å². The van der Waals surface area contributed by atoms with Crippen LogP contribution in [0.2, 0.25) is 0 Å². The molecule has 7 heteroatoms. The molecule has 4 aliphatic rings. The fourth-order valence-electron chi connectivity index (χ4n) is 6.14. The highest BCUT2D eigenvalue weighted by atomic mass is 16.3. The number of fused-ring (bicyclic) bond motifs is 4. The van der Waals surface area contributed by atoms with Crippen molar-refractivity contribution in [3.63, 3.8) is 0 Å². The zero-order chi connectivity index (χ0) is 20.3. The number of nitrogens with zero attached hydrogens (tertiary/aromatic N) is 2. The maximum absolute atomic E-state index is 13.3. The molecule has 1 aromatic rings. The summed E-state index contributed by atoms with van der Waals surface area (Å²) in [6, 6.07) is 4.67. The number of likely N-dealkylation sites (N-methyl/N-ethyl adjacent to an activating group) is 1. The predicted octanol–water partition coefficient (Wildman–Crippen LogP) is 1.04. The highest BCUT2D eigenvalue weighted by Crippen LogP contribution is 2.62. The van der Waals surface area contributed by atoms with Crippen molar-refractivity contribution < 1.29 is 24.6 Å². The fraction of sp³-hybridized carbons (Fsp3) is 0.476. The average Bonchev–Trinajstić information content (AvgIpc) is 3.11. The van der Waals surface area contributed by atoms with Gasteiger partial charge in [-0.05, 0) is 44.7 Å². The summed E-state index contributed by atoms with van der Waals surface area (Å²) < 4.78 is 0. The van der Waals surface area contributed by atoms with Crippen molar-refractivity contribution in [3.05, 3.63) is 40.7 Å². The zero-order valence-electron chi connectivity index (χ0n) is 16.2. The molecular weight excluding hydrogens is 360 g/mol. The number of carbonyl (C=O) groups is 3. The molecule has 1 fully saturated rings. The molecule has 4 atom stereocenters. The quantitative estimate of drug-likeness (QED) is 0.708. The molecule has 5 rings (SSSR count). The van der Waals surface area contributed by atoms with E-state index in [-0.39, 0.29) is 17.3 Å². The van der Waals surface area contributed by atoms with Gasteiger partial charge < -0.3 is 20.0 Å². The second-order valence-electron chi connectivity index (χ2n) is 8.87. The number of carbonyl (C=O) groups excluding carboxylic acids is 3. The number of rotatable bonds is 1. The van der Waals surface area contributed by atoms with Crippen molar-refractivity contribution in [2.75, 3.05) is 11.9 Å². The number of anilines is 1. The third kappa shape index (κ3) is 1.60. The standard InChI is InChI=1S/C21H22N2O5/c1-9(24)13-17(25)16-15-11(20(2,3)23(16)18(13)26)8-10-6-5-7-12-14(10)21(15,28)19(27)22(12)4/h5-7,11,15-16,25,28H,8H2,1-4H3/t11-,15+,16+,21-/m1/s1. The van der Waals surface area contributed by atoms with E-state index in [1.807, 2.05) is 26.0 Å². The van der Waals surface area contributed by atoms with E-state index in [1.165, 1.54) is 16.7 Å². The molecule has 0 aromatic heterocycles. The summed E-state index contributed by atoms with van der Waals surface area (Å²) in [5.41, 5.74) is -0.727. The summed E-state index contributed by atoms with van der Waals surface area (Å²) in [6.07, 6.45) is 0.577. The molecule has 0 radical (unpaired) electrons. The van der Waals surface area contributed by atoms with Gasteiger partial charge in [-0.2, -0.15) is 0 Å². The van der Waals surface area contributed by atoms with Gasteiger partial charge in [-0.15, -0.1) is 0 Å². The summed E-state index contributed by atoms with van der Waals surface area (Å²) in [7, 11) is 1.62. The first-order chi connectivity index (χ1) is 13.0. The zero-order valence-corrected chi connectivity index (χ0v) is 16.2. The van der Waals surface area contributed by atoms with Crippen LogP contribution in [-0.4, -0.2) is 51.3 Å². The molecule has 3 aliphatic heterocycles. The Labute approximate surface area is 162 Å². The Kier molecular flexibility index (Phi) is 3.01. The van der Waals surface area contributed by atoms with E-state index in [1.54, 1.807) is 13.1 Å². The van der Waals surface area contributed by atoms with Crippen molar-refractivity contribution in [1.82, 2.24) is 4.90 Å². The number of amides is 2. The number of ketones is 1. The Morgan fingerprint density at radius 3 is 2.57 bits per heavy atom. The Balaban J connectivity index is 1.80. The molecule has 28 heavy (non-hydrogen) atoms. The minimum Gasteiger partial charge on any atom is -0.509 e. The van der Waals surface area contributed by atoms with Crippen LogP contribution in [0.3, 0.4) is 0 Å². The van der Waals surface area contributed by atoms with Crippen molar-refractivity contribution >= 4 is 23.3 Å². The average molecular weight is 382 g/mol. The Hall–Kier alpha value is -2.67. The van der Waals surface area contributed by atoms with Gasteiger partial charge in [0.2, 0.25) is 0 Å². The van der Waals surface area contributed by atoms with Gasteiger partial charge in [0.1, 0.15) is 11.3 Å². The number of hydrogen-bond acceptors (Lipinski definition) is 5. The molecule has 1 aliphatic carbocycles. The minimum atomic E-state index is -1.85. The van der Waals surface area contributed by atoms with Crippen molar-refractivity contribution in [3.8, 4) is 0 Å². The third-order valence-corrected chi connectivity index (χ3v) is 7.33. The van der Waals surface area contributed by atoms with E-state index < -0.39 is 40.7 Å². The van der Waals surface area contributed by atoms with Crippen LogP contribution in [-0.2, 0) is 26.4 Å². The molecule has 7 nitrogen and oxygen atoms in total. The van der Waals surface area contributed by atoms with Gasteiger partial charge in [-0.25, -0.2) is 0 Å². The first-order valence-electron chi connectivity index (χ1n) is 9.45. The third-order valence-electron chi connectivity index (χ3n) is 7.33. The van der Waals surface area contributed by atoms with Crippen LogP contribution in [0, 0.1) is 11.8 Å². The summed E-state index contributed by atoms with van der Waals surface area (Å²) in [6.45, 7) is 4.99. The maximum atomic E-state index is 13.3. The molecule has 0 spiro atoms. The number of benzene rings is 1. The van der Waals surface area contributed by atoms with Gasteiger partial charge in [-0.3, -0.25) is 14.4 Å². The molecule has 0 saturated carbocycles. The van der Waals surface area contributed by atoms with Crippen LogP contribution in [0.4, 0.5) is 5.69 Å². The molecule has 2 amide bonds. The first kappa shape index (κ1) is 17.4. The van der Waals surface area contributed by atoms with Gasteiger partial charge in [0.15, 0.2) is 11.4 Å². The maximum Gasteiger partial charge on any atom is 0.263 e. The second kappa shape index (κ2) is 4.84.